The number of nitrogens with one attached hydrogen (secondary N) is 1. The highest BCUT2D eigenvalue weighted by Crippen LogP contribution is 2.36. The van der Waals surface area contributed by atoms with Crippen LogP contribution in [0.5, 0.6) is 0 Å². The number of fused-ring (bicyclic) bond motifs is 1. The Hall–Kier alpha value is -2.95. The number of aryl methyl sites for hydroxylation is 1. The molecular formula is C29H39N5O2. The summed E-state index contributed by atoms with van der Waals surface area (Å²) in [5.41, 5.74) is 4.91. The number of hydrogen-bond donors (Lipinski definition) is 1. The number of carbonyl (C=O) groups excluding carboxylic acids is 1. The maximum Gasteiger partial charge on any atom is 0.234 e. The lowest BCUT2D eigenvalue weighted by Gasteiger charge is -2.38. The second-order valence-electron chi connectivity index (χ2n) is 10.7. The van der Waals surface area contributed by atoms with Crippen molar-refractivity contribution in [3.05, 3.63) is 58.3 Å². The van der Waals surface area contributed by atoms with Gasteiger partial charge in [0.2, 0.25) is 5.91 Å². The molecule has 192 valence electrons. The number of aromatic nitrogens is 1. The molecule has 2 aromatic rings. The molecule has 1 aromatic carbocycles. The quantitative estimate of drug-likeness (QED) is 0.610. The number of hydrogen-bond acceptors (Lipinski definition) is 6. The third-order valence-corrected chi connectivity index (χ3v) is 7.12. The molecule has 0 spiro atoms. The molecule has 4 rings (SSSR count). The van der Waals surface area contributed by atoms with E-state index < -0.39 is 0 Å². The Bertz CT molecular complexity index is 1100. The van der Waals surface area contributed by atoms with Crippen LogP contribution in [0.3, 0.4) is 0 Å². The lowest BCUT2D eigenvalue weighted by atomic mass is 9.87. The van der Waals surface area contributed by atoms with Gasteiger partial charge in [-0.1, -0.05) is 43.7 Å². The molecule has 1 unspecified atom stereocenters. The number of amides is 1. The van der Waals surface area contributed by atoms with Crippen molar-refractivity contribution in [1.82, 2.24) is 15.2 Å². The largest absolute Gasteiger partial charge is 0.370 e. The predicted molar refractivity (Wildman–Crippen MR) is 142 cm³/mol. The van der Waals surface area contributed by atoms with E-state index in [1.165, 1.54) is 5.56 Å². The zero-order valence-corrected chi connectivity index (χ0v) is 22.1. The van der Waals surface area contributed by atoms with Gasteiger partial charge in [-0.2, -0.15) is 5.26 Å². The molecule has 2 aliphatic rings. The fraction of sp³-hybridized carbons (Fsp3) is 0.552. The molecule has 0 aliphatic carbocycles. The van der Waals surface area contributed by atoms with Gasteiger partial charge in [0.05, 0.1) is 24.3 Å². The standard InChI is InChI=1S/C29H39N5O2/c1-5-9-26-25-20-36-29(3,4)17-23(25)24(18-30)28(32-26)34-14-12-33(13-15-34)19-27(35)31-21(2)16-22-10-7-6-8-11-22/h6-8,10-11,21H,5,9,12-17,19-20H2,1-4H3,(H,31,35). The van der Waals surface area contributed by atoms with Gasteiger partial charge in [0.1, 0.15) is 11.9 Å². The first-order valence-corrected chi connectivity index (χ1v) is 13.2. The summed E-state index contributed by atoms with van der Waals surface area (Å²) >= 11 is 0. The maximum absolute atomic E-state index is 12.7. The fourth-order valence-electron chi connectivity index (χ4n) is 5.27. The van der Waals surface area contributed by atoms with Crippen LogP contribution in [0.2, 0.25) is 0 Å². The summed E-state index contributed by atoms with van der Waals surface area (Å²) in [4.78, 5) is 22.1. The molecule has 1 saturated heterocycles. The minimum Gasteiger partial charge on any atom is -0.370 e. The minimum atomic E-state index is -0.287. The number of carbonyl (C=O) groups is 1. The lowest BCUT2D eigenvalue weighted by molar-refractivity contribution is -0.122. The van der Waals surface area contributed by atoms with Gasteiger partial charge in [-0.15, -0.1) is 0 Å². The Labute approximate surface area is 215 Å². The Kier molecular flexibility index (Phi) is 8.28. The van der Waals surface area contributed by atoms with Gasteiger partial charge >= 0.3 is 0 Å². The Morgan fingerprint density at radius 2 is 1.92 bits per heavy atom. The predicted octanol–water partition coefficient (Wildman–Crippen LogP) is 3.63. The molecule has 1 aromatic heterocycles. The molecule has 1 fully saturated rings. The molecule has 1 atom stereocenters. The molecule has 3 heterocycles. The summed E-state index contributed by atoms with van der Waals surface area (Å²) in [7, 11) is 0. The second-order valence-corrected chi connectivity index (χ2v) is 10.7. The van der Waals surface area contributed by atoms with Gasteiger partial charge in [-0.25, -0.2) is 4.98 Å². The Morgan fingerprint density at radius 1 is 1.19 bits per heavy atom. The van der Waals surface area contributed by atoms with Gasteiger partial charge in [-0.05, 0) is 44.7 Å². The van der Waals surface area contributed by atoms with Crippen LogP contribution in [0.15, 0.2) is 30.3 Å². The van der Waals surface area contributed by atoms with E-state index in [1.807, 2.05) is 25.1 Å². The van der Waals surface area contributed by atoms with Crippen LogP contribution in [-0.2, 0) is 35.4 Å². The van der Waals surface area contributed by atoms with Crippen molar-refractivity contribution in [2.75, 3.05) is 37.6 Å². The summed E-state index contributed by atoms with van der Waals surface area (Å²) in [6.07, 6.45) is 3.42. The smallest absolute Gasteiger partial charge is 0.234 e. The van der Waals surface area contributed by atoms with Crippen molar-refractivity contribution < 1.29 is 9.53 Å². The molecule has 7 heteroatoms. The van der Waals surface area contributed by atoms with Gasteiger partial charge in [0, 0.05) is 49.9 Å². The van der Waals surface area contributed by atoms with Crippen LogP contribution in [0.4, 0.5) is 5.82 Å². The third kappa shape index (κ3) is 6.24. The van der Waals surface area contributed by atoms with E-state index in [0.29, 0.717) is 18.7 Å². The molecule has 0 saturated carbocycles. The van der Waals surface area contributed by atoms with Crippen LogP contribution in [0, 0.1) is 11.3 Å². The van der Waals surface area contributed by atoms with Crippen molar-refractivity contribution in [1.29, 1.82) is 5.26 Å². The van der Waals surface area contributed by atoms with Crippen LogP contribution < -0.4 is 10.2 Å². The van der Waals surface area contributed by atoms with Gasteiger partial charge in [-0.3, -0.25) is 9.69 Å². The minimum absolute atomic E-state index is 0.0592. The van der Waals surface area contributed by atoms with E-state index in [2.05, 4.69) is 54.1 Å². The first kappa shape index (κ1) is 26.1. The van der Waals surface area contributed by atoms with Crippen LogP contribution in [-0.4, -0.2) is 60.2 Å². The zero-order valence-electron chi connectivity index (χ0n) is 22.1. The normalized spacial score (nSPS) is 18.2. The van der Waals surface area contributed by atoms with E-state index in [0.717, 1.165) is 74.5 Å². The number of rotatable bonds is 8. The summed E-state index contributed by atoms with van der Waals surface area (Å²) in [6, 6.07) is 12.8. The number of anilines is 1. The molecule has 36 heavy (non-hydrogen) atoms. The lowest BCUT2D eigenvalue weighted by Crippen LogP contribution is -2.51. The van der Waals surface area contributed by atoms with Crippen molar-refractivity contribution in [2.24, 2.45) is 0 Å². The topological polar surface area (TPSA) is 81.5 Å². The first-order chi connectivity index (χ1) is 17.3. The number of ether oxygens (including phenoxy) is 1. The maximum atomic E-state index is 12.7. The summed E-state index contributed by atoms with van der Waals surface area (Å²) in [6.45, 7) is 12.3. The molecule has 1 amide bonds. The molecule has 0 bridgehead atoms. The second kappa shape index (κ2) is 11.4. The average molecular weight is 490 g/mol. The van der Waals surface area contributed by atoms with Crippen molar-refractivity contribution >= 4 is 11.7 Å². The van der Waals surface area contributed by atoms with E-state index >= 15 is 0 Å². The highest BCUT2D eigenvalue weighted by Gasteiger charge is 2.33. The van der Waals surface area contributed by atoms with Crippen molar-refractivity contribution in [3.8, 4) is 6.07 Å². The number of nitrogens with zero attached hydrogens (tertiary/aromatic N) is 4. The number of piperazine rings is 1. The van der Waals surface area contributed by atoms with E-state index in [1.54, 1.807) is 0 Å². The van der Waals surface area contributed by atoms with Crippen LogP contribution in [0.25, 0.3) is 0 Å². The summed E-state index contributed by atoms with van der Waals surface area (Å²) in [5.74, 6) is 0.863. The monoisotopic (exact) mass is 489 g/mol. The first-order valence-electron chi connectivity index (χ1n) is 13.2. The van der Waals surface area contributed by atoms with Crippen molar-refractivity contribution in [2.45, 2.75) is 71.6 Å². The third-order valence-electron chi connectivity index (χ3n) is 7.12. The highest BCUT2D eigenvalue weighted by molar-refractivity contribution is 5.78. The number of pyridine rings is 1. The highest BCUT2D eigenvalue weighted by atomic mass is 16.5. The van der Waals surface area contributed by atoms with Crippen molar-refractivity contribution in [3.63, 3.8) is 0 Å². The average Bonchev–Trinajstić information content (AvgIpc) is 2.84. The van der Waals surface area contributed by atoms with E-state index in [9.17, 15) is 10.1 Å². The summed E-state index contributed by atoms with van der Waals surface area (Å²) in [5, 5.41) is 13.3. The molecule has 0 radical (unpaired) electrons. The number of benzene rings is 1. The van der Waals surface area contributed by atoms with E-state index in [4.69, 9.17) is 9.72 Å². The Balaban J connectivity index is 1.39. The molecular weight excluding hydrogens is 450 g/mol. The fourth-order valence-corrected chi connectivity index (χ4v) is 5.27. The van der Waals surface area contributed by atoms with Crippen LogP contribution in [0.1, 0.15) is 62.1 Å². The van der Waals surface area contributed by atoms with E-state index in [-0.39, 0.29) is 17.6 Å². The zero-order chi connectivity index (χ0) is 25.7. The molecule has 7 nitrogen and oxygen atoms in total. The number of nitriles is 1. The van der Waals surface area contributed by atoms with Gasteiger partial charge < -0.3 is 15.0 Å². The Morgan fingerprint density at radius 3 is 2.58 bits per heavy atom. The van der Waals surface area contributed by atoms with Gasteiger partial charge in [0.25, 0.3) is 0 Å². The van der Waals surface area contributed by atoms with Crippen LogP contribution >= 0.6 is 0 Å². The van der Waals surface area contributed by atoms with Gasteiger partial charge in [0.15, 0.2) is 0 Å². The summed E-state index contributed by atoms with van der Waals surface area (Å²) < 4.78 is 6.07. The molecule has 1 N–H and O–H groups in total. The molecule has 2 aliphatic heterocycles. The SMILES string of the molecule is CCCc1nc(N2CCN(CC(=O)NC(C)Cc3ccccc3)CC2)c(C#N)c2c1COC(C)(C)C2.